The van der Waals surface area contributed by atoms with Gasteiger partial charge in [0.15, 0.2) is 9.84 Å². The first-order valence-corrected chi connectivity index (χ1v) is 9.84. The molecule has 0 bridgehead atoms. The molecular weight excluding hydrogens is 314 g/mol. The number of rotatable bonds is 3. The molecule has 2 aliphatic rings. The van der Waals surface area contributed by atoms with E-state index >= 15 is 0 Å². The smallest absolute Gasteiger partial charge is 0.157 e. The minimum atomic E-state index is -3.16. The molecule has 23 heavy (non-hydrogen) atoms. The van der Waals surface area contributed by atoms with Gasteiger partial charge >= 0.3 is 0 Å². The van der Waals surface area contributed by atoms with Gasteiger partial charge in [0, 0.05) is 24.4 Å². The van der Waals surface area contributed by atoms with Crippen LogP contribution in [0.5, 0.6) is 0 Å². The number of pyridine rings is 1. The third-order valence-corrected chi connectivity index (χ3v) is 7.13. The molecule has 0 radical (unpaired) electrons. The average Bonchev–Trinajstić information content (AvgIpc) is 3.19. The minimum absolute atomic E-state index is 0.227. The minimum Gasteiger partial charge on any atom is -0.377 e. The molecule has 1 aliphatic carbocycles. The van der Waals surface area contributed by atoms with Gasteiger partial charge < -0.3 is 14.6 Å². The lowest BCUT2D eigenvalue weighted by atomic mass is 10.1. The van der Waals surface area contributed by atoms with Gasteiger partial charge in [-0.15, -0.1) is 0 Å². The molecule has 2 aromatic rings. The monoisotopic (exact) mass is 335 g/mol. The molecule has 2 fully saturated rings. The Morgan fingerprint density at radius 2 is 2.22 bits per heavy atom. The van der Waals surface area contributed by atoms with E-state index in [0.717, 1.165) is 29.0 Å². The van der Waals surface area contributed by atoms with Crippen LogP contribution >= 0.6 is 0 Å². The van der Waals surface area contributed by atoms with Crippen molar-refractivity contribution in [3.8, 4) is 0 Å². The Morgan fingerprint density at radius 3 is 2.87 bits per heavy atom. The Kier molecular flexibility index (Phi) is 3.22. The van der Waals surface area contributed by atoms with Crippen molar-refractivity contribution in [2.24, 2.45) is 0 Å². The van der Waals surface area contributed by atoms with E-state index in [0.29, 0.717) is 26.1 Å². The second kappa shape index (κ2) is 4.95. The Balaban J connectivity index is 1.89. The molecule has 0 unspecified atom stereocenters. The molecule has 1 N–H and O–H groups in total. The van der Waals surface area contributed by atoms with Crippen LogP contribution in [0.4, 0.5) is 5.82 Å². The molecule has 0 spiro atoms. The third kappa shape index (κ3) is 2.25. The fourth-order valence-corrected chi connectivity index (χ4v) is 4.98. The van der Waals surface area contributed by atoms with Crippen LogP contribution in [0.2, 0.25) is 0 Å². The van der Waals surface area contributed by atoms with Crippen LogP contribution in [0.25, 0.3) is 11.0 Å². The van der Waals surface area contributed by atoms with Gasteiger partial charge in [0.25, 0.3) is 0 Å². The maximum Gasteiger partial charge on any atom is 0.157 e. The Bertz CT molecular complexity index is 855. The predicted octanol–water partition coefficient (Wildman–Crippen LogP) is 1.82. The molecule has 1 aliphatic heterocycles. The first kappa shape index (κ1) is 15.0. The van der Waals surface area contributed by atoms with E-state index in [9.17, 15) is 8.42 Å². The van der Waals surface area contributed by atoms with Gasteiger partial charge in [0.2, 0.25) is 0 Å². The number of nitrogens with one attached hydrogen (secondary N) is 1. The number of H-pyrrole nitrogens is 1. The molecule has 3 heterocycles. The zero-order chi connectivity index (χ0) is 16.2. The fraction of sp³-hybridized carbons (Fsp3) is 0.562. The number of hydrogen-bond donors (Lipinski definition) is 1. The summed E-state index contributed by atoms with van der Waals surface area (Å²) in [5.41, 5.74) is 1.64. The number of aromatic nitrogens is 2. The lowest BCUT2D eigenvalue weighted by molar-refractivity contribution is 0.0985. The van der Waals surface area contributed by atoms with Gasteiger partial charge in [-0.05, 0) is 37.5 Å². The van der Waals surface area contributed by atoms with Gasteiger partial charge in [0.05, 0.1) is 24.0 Å². The standard InChI is InChI=1S/C16H21N3O3S/c1-11-10-22-8-7-19(11)14-9-13(12-3-6-17-15(12)18-14)16(4-5-16)23(2,20)21/h3,6,9,11H,4-5,7-8,10H2,1-2H3,(H,17,18)/t11-/m1/s1. The molecule has 7 heteroatoms. The first-order valence-electron chi connectivity index (χ1n) is 7.95. The molecule has 0 amide bonds. The summed E-state index contributed by atoms with van der Waals surface area (Å²) in [4.78, 5) is 10.1. The quantitative estimate of drug-likeness (QED) is 0.926. The van der Waals surface area contributed by atoms with Crippen molar-refractivity contribution in [1.29, 1.82) is 0 Å². The summed E-state index contributed by atoms with van der Waals surface area (Å²) in [6.07, 6.45) is 4.55. The summed E-state index contributed by atoms with van der Waals surface area (Å²) >= 11 is 0. The van der Waals surface area contributed by atoms with E-state index in [-0.39, 0.29) is 6.04 Å². The summed E-state index contributed by atoms with van der Waals surface area (Å²) < 4.78 is 29.5. The lowest BCUT2D eigenvalue weighted by Gasteiger charge is -2.34. The van der Waals surface area contributed by atoms with Crippen molar-refractivity contribution in [3.05, 3.63) is 23.9 Å². The average molecular weight is 335 g/mol. The number of sulfone groups is 1. The van der Waals surface area contributed by atoms with Crippen LogP contribution in [0.15, 0.2) is 18.3 Å². The summed E-state index contributed by atoms with van der Waals surface area (Å²) in [6, 6.07) is 4.13. The van der Waals surface area contributed by atoms with Gasteiger partial charge in [0.1, 0.15) is 11.5 Å². The van der Waals surface area contributed by atoms with E-state index < -0.39 is 14.6 Å². The van der Waals surface area contributed by atoms with E-state index in [2.05, 4.69) is 16.8 Å². The maximum absolute atomic E-state index is 12.4. The van der Waals surface area contributed by atoms with Gasteiger partial charge in [-0.1, -0.05) is 0 Å². The summed E-state index contributed by atoms with van der Waals surface area (Å²) in [6.45, 7) is 4.20. The number of fused-ring (bicyclic) bond motifs is 1. The molecule has 0 aromatic carbocycles. The number of ether oxygens (including phenoxy) is 1. The maximum atomic E-state index is 12.4. The van der Waals surface area contributed by atoms with Gasteiger partial charge in [-0.2, -0.15) is 0 Å². The van der Waals surface area contributed by atoms with Crippen molar-refractivity contribution in [2.75, 3.05) is 30.9 Å². The Morgan fingerprint density at radius 1 is 1.43 bits per heavy atom. The highest BCUT2D eigenvalue weighted by Gasteiger charge is 2.54. The molecule has 2 aromatic heterocycles. The van der Waals surface area contributed by atoms with Crippen LogP contribution < -0.4 is 4.90 Å². The molecule has 124 valence electrons. The number of hydrogen-bond acceptors (Lipinski definition) is 5. The van der Waals surface area contributed by atoms with E-state index in [4.69, 9.17) is 9.72 Å². The summed E-state index contributed by atoms with van der Waals surface area (Å²) in [5, 5.41) is 0.914. The van der Waals surface area contributed by atoms with E-state index in [1.54, 1.807) is 0 Å². The zero-order valence-electron chi connectivity index (χ0n) is 13.4. The normalized spacial score (nSPS) is 24.1. The SMILES string of the molecule is C[C@@H]1COCCN1c1cc(C2(S(C)(=O)=O)CC2)c2cc[nH]c2n1. The zero-order valence-corrected chi connectivity index (χ0v) is 14.2. The summed E-state index contributed by atoms with van der Waals surface area (Å²) in [5.74, 6) is 0.834. The summed E-state index contributed by atoms with van der Waals surface area (Å²) in [7, 11) is -3.16. The molecule has 1 saturated carbocycles. The first-order chi connectivity index (χ1) is 10.9. The van der Waals surface area contributed by atoms with Crippen molar-refractivity contribution in [1.82, 2.24) is 9.97 Å². The number of nitrogens with zero attached hydrogens (tertiary/aromatic N) is 2. The van der Waals surface area contributed by atoms with Crippen LogP contribution in [0.1, 0.15) is 25.3 Å². The van der Waals surface area contributed by atoms with E-state index in [1.165, 1.54) is 6.26 Å². The highest BCUT2D eigenvalue weighted by molar-refractivity contribution is 7.92. The van der Waals surface area contributed by atoms with Gasteiger partial charge in [-0.25, -0.2) is 13.4 Å². The van der Waals surface area contributed by atoms with Crippen LogP contribution in [-0.2, 0) is 19.3 Å². The molecule has 6 nitrogen and oxygen atoms in total. The van der Waals surface area contributed by atoms with Crippen molar-refractivity contribution >= 4 is 26.7 Å². The van der Waals surface area contributed by atoms with Crippen LogP contribution in [0, 0.1) is 0 Å². The van der Waals surface area contributed by atoms with Crippen LogP contribution in [-0.4, -0.2) is 50.4 Å². The second-order valence-electron chi connectivity index (χ2n) is 6.65. The van der Waals surface area contributed by atoms with Crippen molar-refractivity contribution < 1.29 is 13.2 Å². The lowest BCUT2D eigenvalue weighted by Crippen LogP contribution is -2.44. The Labute approximate surface area is 135 Å². The Hall–Kier alpha value is -1.60. The third-order valence-electron chi connectivity index (χ3n) is 5.08. The fourth-order valence-electron chi connectivity index (χ4n) is 3.57. The molecular formula is C16H21N3O3S. The number of anilines is 1. The molecule has 1 saturated heterocycles. The van der Waals surface area contributed by atoms with E-state index in [1.807, 2.05) is 18.3 Å². The number of morpholine rings is 1. The highest BCUT2D eigenvalue weighted by atomic mass is 32.2. The second-order valence-corrected chi connectivity index (χ2v) is 8.98. The van der Waals surface area contributed by atoms with Crippen molar-refractivity contribution in [2.45, 2.75) is 30.6 Å². The predicted molar refractivity (Wildman–Crippen MR) is 89.5 cm³/mol. The highest BCUT2D eigenvalue weighted by Crippen LogP contribution is 2.54. The van der Waals surface area contributed by atoms with Gasteiger partial charge in [-0.3, -0.25) is 0 Å². The largest absolute Gasteiger partial charge is 0.377 e. The topological polar surface area (TPSA) is 75.3 Å². The number of aromatic amines is 1. The van der Waals surface area contributed by atoms with Crippen LogP contribution in [0.3, 0.4) is 0 Å². The van der Waals surface area contributed by atoms with Crippen molar-refractivity contribution in [3.63, 3.8) is 0 Å². The molecule has 4 rings (SSSR count). The molecule has 1 atom stereocenters.